The van der Waals surface area contributed by atoms with Gasteiger partial charge in [0.1, 0.15) is 10.1 Å². The number of thioether (sulfide) groups is 2. The third-order valence-corrected chi connectivity index (χ3v) is 5.37. The van der Waals surface area contributed by atoms with Crippen LogP contribution in [0.25, 0.3) is 0 Å². The quantitative estimate of drug-likeness (QED) is 0.808. The minimum atomic E-state index is 0.909. The number of hydrogen-bond donors (Lipinski definition) is 0. The van der Waals surface area contributed by atoms with Gasteiger partial charge in [0.2, 0.25) is 0 Å². The molecule has 102 valence electrons. The second-order valence-corrected chi connectivity index (χ2v) is 6.62. The molecule has 0 unspecified atom stereocenters. The van der Waals surface area contributed by atoms with Crippen LogP contribution in [0.5, 0.6) is 5.75 Å². The molecule has 4 heteroatoms. The Labute approximate surface area is 127 Å². The molecular weight excluding hydrogens is 286 g/mol. The molecule has 0 fully saturated rings. The lowest BCUT2D eigenvalue weighted by atomic mass is 10.2. The first-order valence-electron chi connectivity index (χ1n) is 6.40. The fourth-order valence-corrected chi connectivity index (χ4v) is 4.00. The lowest BCUT2D eigenvalue weighted by molar-refractivity contribution is 0.414. The third-order valence-electron chi connectivity index (χ3n) is 3.05. The van der Waals surface area contributed by atoms with E-state index in [1.807, 2.05) is 30.0 Å². The molecule has 20 heavy (non-hydrogen) atoms. The molecule has 3 rings (SSSR count). The highest BCUT2D eigenvalue weighted by molar-refractivity contribution is 8.38. The van der Waals surface area contributed by atoms with Crippen molar-refractivity contribution in [3.8, 4) is 5.75 Å². The summed E-state index contributed by atoms with van der Waals surface area (Å²) in [6.07, 6.45) is 0. The summed E-state index contributed by atoms with van der Waals surface area (Å²) >= 11 is 3.61. The highest BCUT2D eigenvalue weighted by atomic mass is 32.2. The van der Waals surface area contributed by atoms with Crippen molar-refractivity contribution in [2.45, 2.75) is 11.5 Å². The van der Waals surface area contributed by atoms with Crippen LogP contribution >= 0.6 is 23.5 Å². The van der Waals surface area contributed by atoms with Gasteiger partial charge in [-0.3, -0.25) is 0 Å². The summed E-state index contributed by atoms with van der Waals surface area (Å²) in [7, 11) is 1.70. The van der Waals surface area contributed by atoms with E-state index >= 15 is 0 Å². The fourth-order valence-electron chi connectivity index (χ4n) is 1.99. The average Bonchev–Trinajstić information content (AvgIpc) is 2.53. The van der Waals surface area contributed by atoms with Crippen LogP contribution in [-0.2, 0) is 11.5 Å². The number of aliphatic imine (C=N–C) groups is 1. The van der Waals surface area contributed by atoms with E-state index in [4.69, 9.17) is 9.73 Å². The molecule has 0 saturated heterocycles. The van der Waals surface area contributed by atoms with E-state index in [2.05, 4.69) is 30.3 Å². The Morgan fingerprint density at radius 3 is 3.00 bits per heavy atom. The normalized spacial score (nSPS) is 13.6. The predicted molar refractivity (Wildman–Crippen MR) is 89.1 cm³/mol. The van der Waals surface area contributed by atoms with Crippen LogP contribution in [0.3, 0.4) is 0 Å². The predicted octanol–water partition coefficient (Wildman–Crippen LogP) is 4.86. The zero-order chi connectivity index (χ0) is 13.8. The maximum atomic E-state index is 5.25. The average molecular weight is 301 g/mol. The van der Waals surface area contributed by atoms with Gasteiger partial charge in [0.05, 0.1) is 12.8 Å². The minimum Gasteiger partial charge on any atom is -0.497 e. The van der Waals surface area contributed by atoms with E-state index in [0.717, 1.165) is 27.3 Å². The molecule has 0 radical (unpaired) electrons. The molecule has 0 bridgehead atoms. The van der Waals surface area contributed by atoms with Crippen LogP contribution in [0.2, 0.25) is 0 Å². The van der Waals surface area contributed by atoms with E-state index in [9.17, 15) is 0 Å². The Bertz CT molecular complexity index is 640. The third kappa shape index (κ3) is 3.19. The zero-order valence-corrected chi connectivity index (χ0v) is 12.8. The Morgan fingerprint density at radius 2 is 2.10 bits per heavy atom. The largest absolute Gasteiger partial charge is 0.497 e. The summed E-state index contributed by atoms with van der Waals surface area (Å²) in [6, 6.07) is 16.5. The molecule has 1 heterocycles. The van der Waals surface area contributed by atoms with Gasteiger partial charge in [0.25, 0.3) is 0 Å². The monoisotopic (exact) mass is 301 g/mol. The van der Waals surface area contributed by atoms with Gasteiger partial charge in [-0.2, -0.15) is 0 Å². The number of hydrogen-bond acceptors (Lipinski definition) is 4. The van der Waals surface area contributed by atoms with Gasteiger partial charge < -0.3 is 4.74 Å². The summed E-state index contributed by atoms with van der Waals surface area (Å²) < 4.78 is 6.39. The molecule has 2 aromatic carbocycles. The van der Waals surface area contributed by atoms with Crippen LogP contribution < -0.4 is 4.74 Å². The topological polar surface area (TPSA) is 21.6 Å². The van der Waals surface area contributed by atoms with E-state index in [0.29, 0.717) is 0 Å². The number of para-hydroxylation sites is 1. The van der Waals surface area contributed by atoms with Crippen molar-refractivity contribution in [2.75, 3.05) is 7.11 Å². The molecule has 0 aliphatic carbocycles. The maximum absolute atomic E-state index is 5.25. The zero-order valence-electron chi connectivity index (χ0n) is 11.2. The molecule has 0 aromatic heterocycles. The first-order chi connectivity index (χ1) is 9.85. The molecule has 0 amide bonds. The highest BCUT2D eigenvalue weighted by Gasteiger charge is 2.12. The number of benzene rings is 2. The van der Waals surface area contributed by atoms with Crippen molar-refractivity contribution in [1.29, 1.82) is 0 Å². The van der Waals surface area contributed by atoms with Gasteiger partial charge in [-0.1, -0.05) is 53.9 Å². The van der Waals surface area contributed by atoms with Gasteiger partial charge >= 0.3 is 0 Å². The molecular formula is C16H15NOS2. The number of nitrogens with zero attached hydrogens (tertiary/aromatic N) is 1. The second-order valence-electron chi connectivity index (χ2n) is 4.44. The van der Waals surface area contributed by atoms with Crippen molar-refractivity contribution in [2.24, 2.45) is 4.99 Å². The lowest BCUT2D eigenvalue weighted by Gasteiger charge is -2.14. The van der Waals surface area contributed by atoms with Crippen molar-refractivity contribution in [3.63, 3.8) is 0 Å². The molecule has 0 atom stereocenters. The standard InChI is InChI=1S/C16H15NOS2/c1-18-14-7-4-5-12(9-14)10-19-16-17-15-8-3-2-6-13(15)11-20-16/h2-9H,10-11H2,1H3. The van der Waals surface area contributed by atoms with Crippen molar-refractivity contribution in [1.82, 2.24) is 0 Å². The highest BCUT2D eigenvalue weighted by Crippen LogP contribution is 2.35. The molecule has 0 saturated carbocycles. The van der Waals surface area contributed by atoms with Gasteiger partial charge in [0, 0.05) is 11.5 Å². The Morgan fingerprint density at radius 1 is 1.20 bits per heavy atom. The van der Waals surface area contributed by atoms with E-state index in [-0.39, 0.29) is 0 Å². The Balaban J connectivity index is 1.69. The van der Waals surface area contributed by atoms with Crippen molar-refractivity contribution >= 4 is 33.6 Å². The number of rotatable bonds is 3. The van der Waals surface area contributed by atoms with Crippen LogP contribution in [0.4, 0.5) is 5.69 Å². The van der Waals surface area contributed by atoms with Crippen LogP contribution in [0.1, 0.15) is 11.1 Å². The molecule has 2 aromatic rings. The Kier molecular flexibility index (Phi) is 4.33. The first kappa shape index (κ1) is 13.6. The smallest absolute Gasteiger partial charge is 0.131 e. The van der Waals surface area contributed by atoms with E-state index < -0.39 is 0 Å². The first-order valence-corrected chi connectivity index (χ1v) is 8.37. The van der Waals surface area contributed by atoms with Crippen molar-refractivity contribution in [3.05, 3.63) is 59.7 Å². The summed E-state index contributed by atoms with van der Waals surface area (Å²) in [4.78, 5) is 4.71. The number of methoxy groups -OCH3 is 1. The molecule has 1 aliphatic heterocycles. The Hall–Kier alpha value is -1.39. The van der Waals surface area contributed by atoms with Crippen molar-refractivity contribution < 1.29 is 4.74 Å². The summed E-state index contributed by atoms with van der Waals surface area (Å²) in [5.74, 6) is 2.84. The van der Waals surface area contributed by atoms with Gasteiger partial charge in [0.15, 0.2) is 0 Å². The summed E-state index contributed by atoms with van der Waals surface area (Å²) in [5, 5.41) is 0. The lowest BCUT2D eigenvalue weighted by Crippen LogP contribution is -1.96. The maximum Gasteiger partial charge on any atom is 0.131 e. The van der Waals surface area contributed by atoms with E-state index in [1.54, 1.807) is 18.9 Å². The minimum absolute atomic E-state index is 0.909. The second kappa shape index (κ2) is 6.37. The van der Waals surface area contributed by atoms with Crippen LogP contribution in [0, 0.1) is 0 Å². The molecule has 0 N–H and O–H groups in total. The molecule has 2 nitrogen and oxygen atoms in total. The summed E-state index contributed by atoms with van der Waals surface area (Å²) in [6.45, 7) is 0. The number of ether oxygens (including phenoxy) is 1. The van der Waals surface area contributed by atoms with Crippen LogP contribution in [-0.4, -0.2) is 11.5 Å². The van der Waals surface area contributed by atoms with Gasteiger partial charge in [-0.05, 0) is 29.3 Å². The van der Waals surface area contributed by atoms with Crippen LogP contribution in [0.15, 0.2) is 53.5 Å². The molecule has 1 aliphatic rings. The number of fused-ring (bicyclic) bond motifs is 1. The summed E-state index contributed by atoms with van der Waals surface area (Å²) in [5.41, 5.74) is 3.69. The fraction of sp³-hybridized carbons (Fsp3) is 0.188. The van der Waals surface area contributed by atoms with Gasteiger partial charge in [-0.25, -0.2) is 4.99 Å². The SMILES string of the molecule is COc1cccc(CSC2=Nc3ccccc3CS2)c1. The van der Waals surface area contributed by atoms with E-state index in [1.165, 1.54) is 11.1 Å². The van der Waals surface area contributed by atoms with Gasteiger partial charge in [-0.15, -0.1) is 0 Å². The molecule has 0 spiro atoms.